The van der Waals surface area contributed by atoms with Gasteiger partial charge >= 0.3 is 6.03 Å². The third-order valence-electron chi connectivity index (χ3n) is 7.95. The molecule has 3 amide bonds. The lowest BCUT2D eigenvalue weighted by atomic mass is 9.92. The van der Waals surface area contributed by atoms with Crippen molar-refractivity contribution in [1.82, 2.24) is 20.1 Å². The summed E-state index contributed by atoms with van der Waals surface area (Å²) < 4.78 is 18.9. The summed E-state index contributed by atoms with van der Waals surface area (Å²) in [5, 5.41) is 7.09. The van der Waals surface area contributed by atoms with E-state index in [-0.39, 0.29) is 23.7 Å². The summed E-state index contributed by atoms with van der Waals surface area (Å²) in [7, 11) is 5.53. The highest BCUT2D eigenvalue weighted by Gasteiger charge is 2.32. The van der Waals surface area contributed by atoms with E-state index in [0.717, 1.165) is 27.7 Å². The maximum atomic E-state index is 14.0. The number of benzene rings is 3. The van der Waals surface area contributed by atoms with Gasteiger partial charge in [0.25, 0.3) is 0 Å². The molecule has 0 aliphatic carbocycles. The van der Waals surface area contributed by atoms with Gasteiger partial charge in [0, 0.05) is 61.4 Å². The molecule has 226 valence electrons. The van der Waals surface area contributed by atoms with Crippen molar-refractivity contribution < 1.29 is 18.7 Å². The number of fused-ring (bicyclic) bond motifs is 1. The molecule has 0 spiro atoms. The second-order valence-corrected chi connectivity index (χ2v) is 11.2. The quantitative estimate of drug-likeness (QED) is 0.256. The van der Waals surface area contributed by atoms with E-state index < -0.39 is 6.04 Å². The molecule has 2 unspecified atom stereocenters. The third-order valence-corrected chi connectivity index (χ3v) is 7.95. The first-order chi connectivity index (χ1) is 20.7. The Labute approximate surface area is 251 Å². The van der Waals surface area contributed by atoms with Crippen molar-refractivity contribution in [3.8, 4) is 5.75 Å². The zero-order valence-electron chi connectivity index (χ0n) is 25.1. The minimum atomic E-state index is -0.871. The molecule has 0 saturated carbocycles. The number of rotatable bonds is 9. The predicted molar refractivity (Wildman–Crippen MR) is 168 cm³/mol. The van der Waals surface area contributed by atoms with Crippen molar-refractivity contribution in [3.63, 3.8) is 0 Å². The fourth-order valence-corrected chi connectivity index (χ4v) is 5.64. The monoisotopic (exact) mass is 586 g/mol. The van der Waals surface area contributed by atoms with E-state index >= 15 is 0 Å². The lowest BCUT2D eigenvalue weighted by Gasteiger charge is -2.37. The van der Waals surface area contributed by atoms with Gasteiger partial charge in [-0.1, -0.05) is 31.2 Å². The smallest absolute Gasteiger partial charge is 0.318 e. The average Bonchev–Trinajstić information content (AvgIpc) is 3.44. The number of hydrogen-bond donors (Lipinski definition) is 3. The maximum absolute atomic E-state index is 14.0. The second kappa shape index (κ2) is 13.2. The molecule has 10 heteroatoms. The number of amides is 3. The SMILES string of the molecule is COc1ccc(CN(C)C)cc1NC(=O)C(NC(=O)N1CCN(c2ccc(F)cc2)CC1)C(C)c1c[nH]c2ccccc12. The van der Waals surface area contributed by atoms with E-state index in [9.17, 15) is 14.0 Å². The van der Waals surface area contributed by atoms with Crippen molar-refractivity contribution >= 4 is 34.2 Å². The number of ether oxygens (including phenoxy) is 1. The van der Waals surface area contributed by atoms with E-state index in [4.69, 9.17) is 4.74 Å². The molecule has 9 nitrogen and oxygen atoms in total. The van der Waals surface area contributed by atoms with Gasteiger partial charge in [0.1, 0.15) is 17.6 Å². The summed E-state index contributed by atoms with van der Waals surface area (Å²) in [5.41, 5.74) is 4.38. The van der Waals surface area contributed by atoms with Crippen molar-refractivity contribution in [2.45, 2.75) is 25.4 Å². The maximum Gasteiger partial charge on any atom is 0.318 e. The van der Waals surface area contributed by atoms with Crippen LogP contribution in [0.2, 0.25) is 0 Å². The van der Waals surface area contributed by atoms with E-state index in [0.29, 0.717) is 44.2 Å². The fourth-order valence-electron chi connectivity index (χ4n) is 5.64. The van der Waals surface area contributed by atoms with Crippen LogP contribution in [0, 0.1) is 5.82 Å². The van der Waals surface area contributed by atoms with Crippen LogP contribution >= 0.6 is 0 Å². The van der Waals surface area contributed by atoms with Crippen molar-refractivity contribution in [3.05, 3.63) is 89.9 Å². The van der Waals surface area contributed by atoms with Crippen molar-refractivity contribution in [2.75, 3.05) is 57.6 Å². The van der Waals surface area contributed by atoms with Crippen molar-refractivity contribution in [1.29, 1.82) is 0 Å². The van der Waals surface area contributed by atoms with Gasteiger partial charge in [0.2, 0.25) is 5.91 Å². The number of methoxy groups -OCH3 is 1. The Morgan fingerprint density at radius 2 is 1.74 bits per heavy atom. The number of aromatic amines is 1. The molecule has 3 N–H and O–H groups in total. The number of H-pyrrole nitrogens is 1. The molecule has 43 heavy (non-hydrogen) atoms. The molecule has 0 radical (unpaired) electrons. The number of anilines is 2. The van der Waals surface area contributed by atoms with Gasteiger partial charge in [-0.3, -0.25) is 4.79 Å². The number of piperazine rings is 1. The molecule has 1 aromatic heterocycles. The second-order valence-electron chi connectivity index (χ2n) is 11.2. The van der Waals surface area contributed by atoms with Crippen LogP contribution in [-0.2, 0) is 11.3 Å². The molecular formula is C33H39FN6O3. The topological polar surface area (TPSA) is 92.9 Å². The van der Waals surface area contributed by atoms with E-state index in [1.807, 2.05) is 74.6 Å². The highest BCUT2D eigenvalue weighted by Crippen LogP contribution is 2.31. The predicted octanol–water partition coefficient (Wildman–Crippen LogP) is 5.02. The van der Waals surface area contributed by atoms with Gasteiger partial charge in [0.05, 0.1) is 12.8 Å². The van der Waals surface area contributed by atoms with Crippen LogP contribution in [0.15, 0.2) is 72.9 Å². The Morgan fingerprint density at radius 3 is 2.44 bits per heavy atom. The third kappa shape index (κ3) is 6.91. The summed E-state index contributed by atoms with van der Waals surface area (Å²) in [6.07, 6.45) is 1.90. The van der Waals surface area contributed by atoms with Gasteiger partial charge in [-0.2, -0.15) is 0 Å². The normalized spacial score (nSPS) is 14.9. The van der Waals surface area contributed by atoms with Crippen LogP contribution in [-0.4, -0.2) is 80.1 Å². The van der Waals surface area contributed by atoms with Crippen LogP contribution in [0.1, 0.15) is 24.0 Å². The molecular weight excluding hydrogens is 547 g/mol. The average molecular weight is 587 g/mol. The van der Waals surface area contributed by atoms with Gasteiger partial charge in [-0.25, -0.2) is 9.18 Å². The van der Waals surface area contributed by atoms with E-state index in [1.165, 1.54) is 12.1 Å². The summed E-state index contributed by atoms with van der Waals surface area (Å²) in [4.78, 5) is 36.8. The van der Waals surface area contributed by atoms with Crippen LogP contribution in [0.25, 0.3) is 10.9 Å². The largest absolute Gasteiger partial charge is 0.495 e. The van der Waals surface area contributed by atoms with Gasteiger partial charge in [-0.05, 0) is 67.7 Å². The standard InChI is InChI=1S/C33H39FN6O3/c1-22(27-20-35-28-8-6-5-7-26(27)28)31(32(41)36-29-19-23(21-38(2)3)9-14-30(29)43-4)37-33(42)40-17-15-39(16-18-40)25-12-10-24(34)11-13-25/h5-14,19-20,22,31,35H,15-18,21H2,1-4H3,(H,36,41)(H,37,42). The Kier molecular flexibility index (Phi) is 9.16. The Hall–Kier alpha value is -4.57. The summed E-state index contributed by atoms with van der Waals surface area (Å²) >= 11 is 0. The molecule has 5 rings (SSSR count). The number of carbonyl (C=O) groups excluding carboxylic acids is 2. The molecule has 0 bridgehead atoms. The molecule has 1 fully saturated rings. The highest BCUT2D eigenvalue weighted by atomic mass is 19.1. The van der Waals surface area contributed by atoms with Crippen LogP contribution in [0.4, 0.5) is 20.6 Å². The molecule has 2 atom stereocenters. The number of aromatic nitrogens is 1. The lowest BCUT2D eigenvalue weighted by Crippen LogP contribution is -2.56. The Balaban J connectivity index is 1.37. The van der Waals surface area contributed by atoms with Crippen molar-refractivity contribution in [2.24, 2.45) is 0 Å². The van der Waals surface area contributed by atoms with Crippen LogP contribution < -0.4 is 20.3 Å². The van der Waals surface area contributed by atoms with Gasteiger partial charge in [-0.15, -0.1) is 0 Å². The highest BCUT2D eigenvalue weighted by molar-refractivity contribution is 5.99. The first-order valence-electron chi connectivity index (χ1n) is 14.5. The fraction of sp³-hybridized carbons (Fsp3) is 0.333. The molecule has 3 aromatic carbocycles. The van der Waals surface area contributed by atoms with Crippen LogP contribution in [0.5, 0.6) is 5.75 Å². The first kappa shape index (κ1) is 29.9. The summed E-state index contributed by atoms with van der Waals surface area (Å²) in [6.45, 7) is 4.79. The number of nitrogens with zero attached hydrogens (tertiary/aromatic N) is 3. The number of hydrogen-bond acceptors (Lipinski definition) is 5. The van der Waals surface area contributed by atoms with Crippen LogP contribution in [0.3, 0.4) is 0 Å². The molecule has 1 saturated heterocycles. The van der Waals surface area contributed by atoms with E-state index in [2.05, 4.69) is 20.5 Å². The zero-order valence-corrected chi connectivity index (χ0v) is 25.1. The van der Waals surface area contributed by atoms with E-state index in [1.54, 1.807) is 24.1 Å². The number of para-hydroxylation sites is 1. The lowest BCUT2D eigenvalue weighted by molar-refractivity contribution is -0.118. The zero-order chi connectivity index (χ0) is 30.5. The molecule has 4 aromatic rings. The van der Waals surface area contributed by atoms with Gasteiger partial charge in [0.15, 0.2) is 0 Å². The number of urea groups is 1. The summed E-state index contributed by atoms with van der Waals surface area (Å²) in [5.74, 6) is -0.428. The summed E-state index contributed by atoms with van der Waals surface area (Å²) in [6, 6.07) is 18.8. The minimum Gasteiger partial charge on any atom is -0.495 e. The number of nitrogens with one attached hydrogen (secondary N) is 3. The Morgan fingerprint density at radius 1 is 1.02 bits per heavy atom. The van der Waals surface area contributed by atoms with Gasteiger partial charge < -0.3 is 35.1 Å². The molecule has 1 aliphatic rings. The Bertz CT molecular complexity index is 1560. The number of carbonyl (C=O) groups is 2. The number of halogens is 1. The first-order valence-corrected chi connectivity index (χ1v) is 14.5. The minimum absolute atomic E-state index is 0.280. The molecule has 1 aliphatic heterocycles. The molecule has 2 heterocycles.